The molecule has 0 spiro atoms. The van der Waals surface area contributed by atoms with Gasteiger partial charge in [0.15, 0.2) is 0 Å². The molecule has 1 saturated heterocycles. The maximum atomic E-state index is 13.4. The second-order valence-corrected chi connectivity index (χ2v) is 10.4. The fourth-order valence-corrected chi connectivity index (χ4v) is 5.79. The van der Waals surface area contributed by atoms with Crippen molar-refractivity contribution in [2.45, 2.75) is 4.90 Å². The summed E-state index contributed by atoms with van der Waals surface area (Å²) in [4.78, 5) is 5.44. The first-order valence-corrected chi connectivity index (χ1v) is 13.1. The van der Waals surface area contributed by atoms with Crippen molar-refractivity contribution in [1.29, 1.82) is 0 Å². The van der Waals surface area contributed by atoms with Crippen molar-refractivity contribution in [2.24, 2.45) is 10.1 Å². The summed E-state index contributed by atoms with van der Waals surface area (Å²) in [6.45, 7) is 1.45. The highest BCUT2D eigenvalue weighted by atomic mass is 32.2. The summed E-state index contributed by atoms with van der Waals surface area (Å²) in [7, 11) is -3.58. The minimum Gasteiger partial charge on any atom is -0.463 e. The highest BCUT2D eigenvalue weighted by molar-refractivity contribution is 7.89. The van der Waals surface area contributed by atoms with E-state index < -0.39 is 10.0 Å². The molecule has 3 heterocycles. The summed E-state index contributed by atoms with van der Waals surface area (Å²) in [5, 5.41) is 6.41. The number of hydrogen-bond donors (Lipinski definition) is 0. The zero-order valence-corrected chi connectivity index (χ0v) is 20.1. The third-order valence-corrected chi connectivity index (χ3v) is 8.07. The van der Waals surface area contributed by atoms with Gasteiger partial charge in [0.1, 0.15) is 11.6 Å². The SMILES string of the molecule is O=S(=O)(c1ccc(N=c2scc(-c3ccc(F)cc3)n2N=Cc2ccco2)cc1)N1CCOCC1. The Morgan fingerprint density at radius 3 is 2.43 bits per heavy atom. The molecule has 1 aliphatic heterocycles. The third-order valence-electron chi connectivity index (χ3n) is 5.34. The van der Waals surface area contributed by atoms with Gasteiger partial charge < -0.3 is 9.15 Å². The molecule has 1 fully saturated rings. The van der Waals surface area contributed by atoms with E-state index in [2.05, 4.69) is 10.1 Å². The van der Waals surface area contributed by atoms with E-state index in [1.165, 1.54) is 27.8 Å². The lowest BCUT2D eigenvalue weighted by molar-refractivity contribution is 0.0730. The van der Waals surface area contributed by atoms with Crippen molar-refractivity contribution in [3.05, 3.63) is 88.7 Å². The van der Waals surface area contributed by atoms with Gasteiger partial charge in [-0.2, -0.15) is 9.41 Å². The molecule has 1 aliphatic rings. The van der Waals surface area contributed by atoms with Gasteiger partial charge in [0.25, 0.3) is 0 Å². The van der Waals surface area contributed by atoms with Crippen LogP contribution in [-0.4, -0.2) is 49.9 Å². The molecule has 180 valence electrons. The van der Waals surface area contributed by atoms with Crippen LogP contribution in [0, 0.1) is 5.82 Å². The summed E-state index contributed by atoms with van der Waals surface area (Å²) >= 11 is 1.36. The maximum absolute atomic E-state index is 13.4. The van der Waals surface area contributed by atoms with Crippen LogP contribution in [0.25, 0.3) is 11.3 Å². The number of nitrogens with zero attached hydrogens (tertiary/aromatic N) is 4. The molecule has 0 unspecified atom stereocenters. The zero-order chi connectivity index (χ0) is 24.3. The Hall–Kier alpha value is -3.38. The predicted molar refractivity (Wildman–Crippen MR) is 131 cm³/mol. The standard InChI is InChI=1S/C24H21FN4O4S2/c25-19-5-3-18(4-6-19)23-17-34-24(29(23)26-16-21-2-1-13-33-21)27-20-7-9-22(10-8-20)35(30,31)28-11-14-32-15-12-28/h1-10,13,16-17H,11-12,14-15H2. The quantitative estimate of drug-likeness (QED) is 0.364. The Labute approximate surface area is 205 Å². The van der Waals surface area contributed by atoms with Gasteiger partial charge in [-0.3, -0.25) is 0 Å². The molecule has 11 heteroatoms. The van der Waals surface area contributed by atoms with Gasteiger partial charge in [-0.15, -0.1) is 11.3 Å². The van der Waals surface area contributed by atoms with E-state index in [-0.39, 0.29) is 10.7 Å². The van der Waals surface area contributed by atoms with E-state index in [4.69, 9.17) is 9.15 Å². The number of morpholine rings is 1. The number of furan rings is 1. The van der Waals surface area contributed by atoms with Crippen LogP contribution < -0.4 is 4.80 Å². The molecular weight excluding hydrogens is 491 g/mol. The summed E-state index contributed by atoms with van der Waals surface area (Å²) in [6.07, 6.45) is 3.12. The molecule has 4 aromatic rings. The van der Waals surface area contributed by atoms with Crippen LogP contribution in [0.5, 0.6) is 0 Å². The van der Waals surface area contributed by atoms with Gasteiger partial charge in [-0.25, -0.2) is 22.5 Å². The van der Waals surface area contributed by atoms with Gasteiger partial charge in [0, 0.05) is 24.0 Å². The average Bonchev–Trinajstić information content (AvgIpc) is 3.54. The van der Waals surface area contributed by atoms with E-state index in [0.717, 1.165) is 11.3 Å². The van der Waals surface area contributed by atoms with E-state index >= 15 is 0 Å². The average molecular weight is 513 g/mol. The Morgan fingerprint density at radius 2 is 1.74 bits per heavy atom. The molecule has 2 aromatic heterocycles. The Balaban J connectivity index is 1.50. The van der Waals surface area contributed by atoms with E-state index in [9.17, 15) is 12.8 Å². The largest absolute Gasteiger partial charge is 0.463 e. The summed E-state index contributed by atoms with van der Waals surface area (Å²) in [6, 6.07) is 16.1. The molecule has 2 aromatic carbocycles. The second-order valence-electron chi connectivity index (χ2n) is 7.60. The number of benzene rings is 2. The fourth-order valence-electron chi connectivity index (χ4n) is 3.53. The van der Waals surface area contributed by atoms with Crippen LogP contribution in [0.15, 0.2) is 91.7 Å². The van der Waals surface area contributed by atoms with Gasteiger partial charge in [-0.1, -0.05) is 0 Å². The lowest BCUT2D eigenvalue weighted by Gasteiger charge is -2.26. The molecule has 0 atom stereocenters. The molecule has 0 bridgehead atoms. The van der Waals surface area contributed by atoms with Crippen LogP contribution in [0.2, 0.25) is 0 Å². The van der Waals surface area contributed by atoms with Crippen molar-refractivity contribution < 1.29 is 22.0 Å². The topological polar surface area (TPSA) is 89.4 Å². The Bertz CT molecular complexity index is 1480. The number of rotatable bonds is 6. The highest BCUT2D eigenvalue weighted by Gasteiger charge is 2.26. The normalized spacial score (nSPS) is 15.7. The number of hydrogen-bond acceptors (Lipinski definition) is 7. The van der Waals surface area contributed by atoms with Crippen molar-refractivity contribution in [3.63, 3.8) is 0 Å². The molecule has 0 aliphatic carbocycles. The molecule has 0 saturated carbocycles. The number of aromatic nitrogens is 1. The Kier molecular flexibility index (Phi) is 6.73. The van der Waals surface area contributed by atoms with Gasteiger partial charge >= 0.3 is 0 Å². The van der Waals surface area contributed by atoms with E-state index in [1.54, 1.807) is 65.7 Å². The van der Waals surface area contributed by atoms with Gasteiger partial charge in [0.05, 0.1) is 42.0 Å². The minimum atomic E-state index is -3.58. The first kappa shape index (κ1) is 23.4. The molecular formula is C24H21FN4O4S2. The highest BCUT2D eigenvalue weighted by Crippen LogP contribution is 2.23. The predicted octanol–water partition coefficient (Wildman–Crippen LogP) is 4.08. The molecule has 5 rings (SSSR count). The van der Waals surface area contributed by atoms with Crippen LogP contribution in [0.3, 0.4) is 0 Å². The first-order chi connectivity index (χ1) is 17.0. The lowest BCUT2D eigenvalue weighted by Crippen LogP contribution is -2.40. The zero-order valence-electron chi connectivity index (χ0n) is 18.5. The number of thiazole rings is 1. The van der Waals surface area contributed by atoms with Crippen molar-refractivity contribution in [3.8, 4) is 11.3 Å². The molecule has 0 amide bonds. The lowest BCUT2D eigenvalue weighted by atomic mass is 10.2. The first-order valence-electron chi connectivity index (χ1n) is 10.8. The Morgan fingerprint density at radius 1 is 1.00 bits per heavy atom. The summed E-state index contributed by atoms with van der Waals surface area (Å²) < 4.78 is 52.9. The minimum absolute atomic E-state index is 0.209. The van der Waals surface area contributed by atoms with Crippen LogP contribution in [0.4, 0.5) is 10.1 Å². The van der Waals surface area contributed by atoms with Crippen molar-refractivity contribution >= 4 is 33.3 Å². The third kappa shape index (κ3) is 5.17. The smallest absolute Gasteiger partial charge is 0.243 e. The molecule has 0 N–H and O–H groups in total. The summed E-state index contributed by atoms with van der Waals surface area (Å²) in [5.74, 6) is 0.240. The number of sulfonamides is 1. The van der Waals surface area contributed by atoms with Gasteiger partial charge in [0.2, 0.25) is 14.8 Å². The van der Waals surface area contributed by atoms with Crippen molar-refractivity contribution in [1.82, 2.24) is 8.98 Å². The second kappa shape index (κ2) is 10.1. The number of ether oxygens (including phenoxy) is 1. The van der Waals surface area contributed by atoms with Crippen molar-refractivity contribution in [2.75, 3.05) is 26.3 Å². The van der Waals surface area contributed by atoms with E-state index in [1.807, 2.05) is 5.38 Å². The number of halogens is 1. The van der Waals surface area contributed by atoms with Crippen LogP contribution in [0.1, 0.15) is 5.76 Å². The molecule has 0 radical (unpaired) electrons. The summed E-state index contributed by atoms with van der Waals surface area (Å²) in [5.41, 5.74) is 2.07. The van der Waals surface area contributed by atoms with Crippen LogP contribution >= 0.6 is 11.3 Å². The van der Waals surface area contributed by atoms with Crippen LogP contribution in [-0.2, 0) is 14.8 Å². The maximum Gasteiger partial charge on any atom is 0.243 e. The van der Waals surface area contributed by atoms with Gasteiger partial charge in [-0.05, 0) is 60.7 Å². The molecule has 35 heavy (non-hydrogen) atoms. The monoisotopic (exact) mass is 512 g/mol. The van der Waals surface area contributed by atoms with E-state index in [0.29, 0.717) is 42.6 Å². The molecule has 8 nitrogen and oxygen atoms in total. The fraction of sp³-hybridized carbons (Fsp3) is 0.167.